The lowest BCUT2D eigenvalue weighted by Crippen LogP contribution is -3.13. The van der Waals surface area contributed by atoms with Crippen molar-refractivity contribution in [2.24, 2.45) is 0 Å². The van der Waals surface area contributed by atoms with Gasteiger partial charge in [-0.1, -0.05) is 12.1 Å². The third kappa shape index (κ3) is 4.91. The lowest BCUT2D eigenvalue weighted by molar-refractivity contribution is -0.948. The summed E-state index contributed by atoms with van der Waals surface area (Å²) in [6.45, 7) is 3.63. The van der Waals surface area contributed by atoms with Gasteiger partial charge in [0.1, 0.15) is 25.0 Å². The van der Waals surface area contributed by atoms with E-state index >= 15 is 0 Å². The molecule has 1 aliphatic rings. The van der Waals surface area contributed by atoms with Crippen LogP contribution in [0.5, 0.6) is 11.5 Å². The highest BCUT2D eigenvalue weighted by Gasteiger charge is 2.37. The summed E-state index contributed by atoms with van der Waals surface area (Å²) < 4.78 is 29.3. The van der Waals surface area contributed by atoms with Gasteiger partial charge in [-0.05, 0) is 36.8 Å². The molecule has 2 aromatic rings. The Labute approximate surface area is 176 Å². The van der Waals surface area contributed by atoms with Crippen LogP contribution in [0.3, 0.4) is 0 Å². The summed E-state index contributed by atoms with van der Waals surface area (Å²) in [6.07, 6.45) is 0.876. The smallest absolute Gasteiger partial charge is 0.246 e. The minimum atomic E-state index is -0.244. The van der Waals surface area contributed by atoms with Gasteiger partial charge < -0.3 is 24.4 Å². The maximum Gasteiger partial charge on any atom is 0.246 e. The molecule has 6 nitrogen and oxygen atoms in total. The second-order valence-electron chi connectivity index (χ2n) is 7.63. The van der Waals surface area contributed by atoms with Crippen molar-refractivity contribution in [2.45, 2.75) is 32.0 Å². The van der Waals surface area contributed by atoms with E-state index in [0.717, 1.165) is 30.6 Å². The van der Waals surface area contributed by atoms with Crippen LogP contribution in [-0.4, -0.2) is 46.4 Å². The van der Waals surface area contributed by atoms with Crippen LogP contribution in [0.2, 0.25) is 0 Å². The van der Waals surface area contributed by atoms with Crippen molar-refractivity contribution < 1.29 is 28.3 Å². The molecule has 162 valence electrons. The molecule has 0 radical (unpaired) electrons. The Balaban J connectivity index is 1.96. The van der Waals surface area contributed by atoms with Crippen molar-refractivity contribution >= 4 is 5.91 Å². The fourth-order valence-electron chi connectivity index (χ4n) is 4.31. The quantitative estimate of drug-likeness (QED) is 0.686. The van der Waals surface area contributed by atoms with E-state index in [9.17, 15) is 9.18 Å². The van der Waals surface area contributed by atoms with Gasteiger partial charge in [-0.3, -0.25) is 4.79 Å². The zero-order valence-electron chi connectivity index (χ0n) is 18.0. The molecule has 1 heterocycles. The molecular weight excluding hydrogens is 387 g/mol. The molecule has 3 atom stereocenters. The van der Waals surface area contributed by atoms with E-state index in [-0.39, 0.29) is 30.4 Å². The topological polar surface area (TPSA) is 61.2 Å². The number of hydrogen-bond donors (Lipinski definition) is 2. The molecule has 0 spiro atoms. The van der Waals surface area contributed by atoms with Crippen LogP contribution in [0.25, 0.3) is 0 Å². The SMILES string of the molecule is COCC(=O)N[C@H](C)[C@@H]1c2cc(OC)c(OC)cc2CC[NH+]1Cc1ccc(F)cc1. The first-order valence-corrected chi connectivity index (χ1v) is 10.1. The van der Waals surface area contributed by atoms with Gasteiger partial charge in [0, 0.05) is 24.7 Å². The third-order valence-electron chi connectivity index (χ3n) is 5.64. The van der Waals surface area contributed by atoms with Gasteiger partial charge in [-0.2, -0.15) is 0 Å². The summed E-state index contributed by atoms with van der Waals surface area (Å²) in [7, 11) is 4.75. The first-order chi connectivity index (χ1) is 14.5. The minimum absolute atomic E-state index is 0.000541. The maximum absolute atomic E-state index is 13.3. The second kappa shape index (κ2) is 9.91. The van der Waals surface area contributed by atoms with Crippen molar-refractivity contribution in [3.05, 3.63) is 58.9 Å². The van der Waals surface area contributed by atoms with Crippen molar-refractivity contribution in [2.75, 3.05) is 34.5 Å². The molecule has 0 saturated carbocycles. The van der Waals surface area contributed by atoms with Crippen molar-refractivity contribution in [1.82, 2.24) is 5.32 Å². The second-order valence-corrected chi connectivity index (χ2v) is 7.63. The number of amides is 1. The Hall–Kier alpha value is -2.64. The van der Waals surface area contributed by atoms with Gasteiger partial charge in [-0.25, -0.2) is 4.39 Å². The molecule has 0 aliphatic carbocycles. The number of hydrogen-bond acceptors (Lipinski definition) is 4. The van der Waals surface area contributed by atoms with E-state index in [2.05, 4.69) is 5.32 Å². The summed E-state index contributed by atoms with van der Waals surface area (Å²) in [5.74, 6) is 0.970. The highest BCUT2D eigenvalue weighted by molar-refractivity contribution is 5.77. The maximum atomic E-state index is 13.3. The van der Waals surface area contributed by atoms with E-state index in [1.807, 2.05) is 31.2 Å². The van der Waals surface area contributed by atoms with Crippen LogP contribution in [0.1, 0.15) is 29.7 Å². The van der Waals surface area contributed by atoms with Crippen LogP contribution in [0, 0.1) is 5.82 Å². The predicted octanol–water partition coefficient (Wildman–Crippen LogP) is 1.68. The number of fused-ring (bicyclic) bond motifs is 1. The standard InChI is InChI=1S/C23H29FN2O4/c1-15(25-22(27)14-28-2)23-19-12-21(30-4)20(29-3)11-17(19)9-10-26(23)13-16-5-7-18(24)8-6-16/h5-8,11-12,15,23H,9-10,13-14H2,1-4H3,(H,25,27)/p+1/t15-,23-/m1/s1. The number of quaternary nitrogens is 1. The number of methoxy groups -OCH3 is 3. The lowest BCUT2D eigenvalue weighted by atomic mass is 9.87. The normalized spacial score (nSPS) is 19.0. The largest absolute Gasteiger partial charge is 0.493 e. The molecule has 2 N–H and O–H groups in total. The van der Waals surface area contributed by atoms with Gasteiger partial charge in [0.15, 0.2) is 11.5 Å². The summed E-state index contributed by atoms with van der Waals surface area (Å²) in [5.41, 5.74) is 3.37. The molecule has 30 heavy (non-hydrogen) atoms. The number of rotatable bonds is 8. The Kier molecular flexibility index (Phi) is 7.29. The third-order valence-corrected chi connectivity index (χ3v) is 5.64. The Morgan fingerprint density at radius 2 is 1.83 bits per heavy atom. The number of nitrogens with one attached hydrogen (secondary N) is 2. The zero-order valence-corrected chi connectivity index (χ0v) is 18.0. The predicted molar refractivity (Wildman–Crippen MR) is 111 cm³/mol. The van der Waals surface area contributed by atoms with E-state index in [4.69, 9.17) is 14.2 Å². The Morgan fingerprint density at radius 3 is 2.47 bits per heavy atom. The van der Waals surface area contributed by atoms with E-state index in [1.54, 1.807) is 14.2 Å². The molecule has 0 bridgehead atoms. The Bertz CT molecular complexity index is 872. The summed E-state index contributed by atoms with van der Waals surface area (Å²) in [5, 5.41) is 3.07. The minimum Gasteiger partial charge on any atom is -0.493 e. The highest BCUT2D eigenvalue weighted by atomic mass is 19.1. The molecule has 2 aromatic carbocycles. The number of carbonyl (C=O) groups is 1. The fraction of sp³-hybridized carbons (Fsp3) is 0.435. The summed E-state index contributed by atoms with van der Waals surface area (Å²) >= 11 is 0. The molecule has 0 aromatic heterocycles. The number of benzene rings is 2. The number of halogens is 1. The highest BCUT2D eigenvalue weighted by Crippen LogP contribution is 2.35. The molecule has 7 heteroatoms. The van der Waals surface area contributed by atoms with Crippen LogP contribution in [0.15, 0.2) is 36.4 Å². The molecular formula is C23H30FN2O4+. The molecule has 1 unspecified atom stereocenters. The molecule has 1 aliphatic heterocycles. The molecule has 3 rings (SSSR count). The van der Waals surface area contributed by atoms with E-state index in [1.165, 1.54) is 29.7 Å². The number of carbonyl (C=O) groups excluding carboxylic acids is 1. The van der Waals surface area contributed by atoms with Crippen molar-refractivity contribution in [1.29, 1.82) is 0 Å². The van der Waals surface area contributed by atoms with Crippen molar-refractivity contribution in [3.8, 4) is 11.5 Å². The van der Waals surface area contributed by atoms with Crippen LogP contribution < -0.4 is 19.7 Å². The zero-order chi connectivity index (χ0) is 21.7. The van der Waals surface area contributed by atoms with Crippen molar-refractivity contribution in [3.63, 3.8) is 0 Å². The Morgan fingerprint density at radius 1 is 1.17 bits per heavy atom. The van der Waals surface area contributed by atoms with Crippen LogP contribution in [-0.2, 0) is 22.5 Å². The van der Waals surface area contributed by atoms with Gasteiger partial charge in [0.25, 0.3) is 0 Å². The van der Waals surface area contributed by atoms with Gasteiger partial charge in [0.2, 0.25) is 5.91 Å². The summed E-state index contributed by atoms with van der Waals surface area (Å²) in [6, 6.07) is 10.5. The molecule has 0 fully saturated rings. The van der Waals surface area contributed by atoms with Crippen LogP contribution in [0.4, 0.5) is 4.39 Å². The first-order valence-electron chi connectivity index (χ1n) is 10.1. The average Bonchev–Trinajstić information content (AvgIpc) is 2.74. The average molecular weight is 418 g/mol. The van der Waals surface area contributed by atoms with E-state index in [0.29, 0.717) is 11.5 Å². The lowest BCUT2D eigenvalue weighted by Gasteiger charge is -2.38. The monoisotopic (exact) mass is 417 g/mol. The molecule has 0 saturated heterocycles. The van der Waals surface area contributed by atoms with E-state index < -0.39 is 0 Å². The number of ether oxygens (including phenoxy) is 3. The van der Waals surface area contributed by atoms with Gasteiger partial charge in [-0.15, -0.1) is 0 Å². The summed E-state index contributed by atoms with van der Waals surface area (Å²) in [4.78, 5) is 13.5. The fourth-order valence-corrected chi connectivity index (χ4v) is 4.31. The van der Waals surface area contributed by atoms with Gasteiger partial charge in [0.05, 0.1) is 26.8 Å². The van der Waals surface area contributed by atoms with Crippen LogP contribution >= 0.6 is 0 Å². The van der Waals surface area contributed by atoms with Gasteiger partial charge >= 0.3 is 0 Å². The molecule has 1 amide bonds. The first kappa shape index (κ1) is 22.1.